The van der Waals surface area contributed by atoms with Crippen molar-refractivity contribution in [2.24, 2.45) is 5.73 Å². The maximum atomic E-state index is 11.4. The molecule has 4 N–H and O–H groups in total. The molecule has 0 heterocycles. The molecular weight excluding hydrogens is 242 g/mol. The highest BCUT2D eigenvalue weighted by atomic mass is 35.5. The second-order valence-corrected chi connectivity index (χ2v) is 4.12. The molecule has 92 valence electrons. The summed E-state index contributed by atoms with van der Waals surface area (Å²) in [6, 6.07) is 3.86. The third kappa shape index (κ3) is 3.96. The molecular formula is C11H14ClN3O2. The fourth-order valence-corrected chi connectivity index (χ4v) is 1.45. The van der Waals surface area contributed by atoms with Crippen molar-refractivity contribution < 1.29 is 9.59 Å². The highest BCUT2D eigenvalue weighted by Crippen LogP contribution is 2.20. The minimum absolute atomic E-state index is 0.489. The zero-order chi connectivity index (χ0) is 13.0. The Balaban J connectivity index is 2.73. The van der Waals surface area contributed by atoms with Crippen LogP contribution in [0.5, 0.6) is 0 Å². The van der Waals surface area contributed by atoms with Crippen molar-refractivity contribution in [2.75, 3.05) is 5.32 Å². The molecule has 1 unspecified atom stereocenters. The van der Waals surface area contributed by atoms with Gasteiger partial charge in [-0.2, -0.15) is 0 Å². The van der Waals surface area contributed by atoms with Crippen molar-refractivity contribution >= 4 is 29.2 Å². The van der Waals surface area contributed by atoms with E-state index in [1.165, 1.54) is 0 Å². The lowest BCUT2D eigenvalue weighted by atomic mass is 10.2. The summed E-state index contributed by atoms with van der Waals surface area (Å²) in [5.41, 5.74) is 6.55. The minimum Gasteiger partial charge on any atom is -0.374 e. The first-order valence-corrected chi connectivity index (χ1v) is 5.41. The molecule has 0 saturated carbocycles. The average Bonchev–Trinajstić information content (AvgIpc) is 2.22. The van der Waals surface area contributed by atoms with Crippen molar-refractivity contribution in [1.29, 1.82) is 0 Å². The number of imide groups is 1. The van der Waals surface area contributed by atoms with Gasteiger partial charge >= 0.3 is 6.03 Å². The number of nitrogens with one attached hydrogen (secondary N) is 2. The van der Waals surface area contributed by atoms with Gasteiger partial charge in [0.2, 0.25) is 5.91 Å². The van der Waals surface area contributed by atoms with Crippen molar-refractivity contribution in [2.45, 2.75) is 19.9 Å². The molecule has 0 aliphatic carbocycles. The molecule has 17 heavy (non-hydrogen) atoms. The number of amides is 3. The van der Waals surface area contributed by atoms with Crippen LogP contribution in [0, 0.1) is 6.92 Å². The van der Waals surface area contributed by atoms with E-state index in [1.807, 2.05) is 18.3 Å². The van der Waals surface area contributed by atoms with E-state index >= 15 is 0 Å². The molecule has 0 saturated heterocycles. The molecule has 6 heteroatoms. The number of carbonyl (C=O) groups is 2. The van der Waals surface area contributed by atoms with E-state index in [1.54, 1.807) is 19.1 Å². The fourth-order valence-electron chi connectivity index (χ4n) is 1.28. The second-order valence-electron chi connectivity index (χ2n) is 3.68. The lowest BCUT2D eigenvalue weighted by molar-refractivity contribution is -0.120. The number of hydrogen-bond acceptors (Lipinski definition) is 3. The van der Waals surface area contributed by atoms with Crippen LogP contribution in [0.15, 0.2) is 18.2 Å². The summed E-state index contributed by atoms with van der Waals surface area (Å²) in [6.07, 6.45) is 0. The Kier molecular flexibility index (Phi) is 4.34. The Morgan fingerprint density at radius 1 is 1.41 bits per heavy atom. The Morgan fingerprint density at radius 2 is 2.06 bits per heavy atom. The first-order chi connectivity index (χ1) is 7.90. The molecule has 0 radical (unpaired) electrons. The summed E-state index contributed by atoms with van der Waals surface area (Å²) < 4.78 is 0. The first kappa shape index (κ1) is 13.3. The first-order valence-electron chi connectivity index (χ1n) is 5.03. The predicted molar refractivity (Wildman–Crippen MR) is 67.0 cm³/mol. The third-order valence-corrected chi connectivity index (χ3v) is 2.45. The number of hydrogen-bond donors (Lipinski definition) is 3. The van der Waals surface area contributed by atoms with Gasteiger partial charge in [0.15, 0.2) is 0 Å². The van der Waals surface area contributed by atoms with E-state index in [4.69, 9.17) is 17.3 Å². The summed E-state index contributed by atoms with van der Waals surface area (Å²) in [5, 5.41) is 5.52. The zero-order valence-electron chi connectivity index (χ0n) is 9.58. The predicted octanol–water partition coefficient (Wildman–Crippen LogP) is 1.64. The van der Waals surface area contributed by atoms with Crippen molar-refractivity contribution in [1.82, 2.24) is 5.32 Å². The van der Waals surface area contributed by atoms with Crippen LogP contribution in [0.4, 0.5) is 10.5 Å². The van der Waals surface area contributed by atoms with E-state index in [9.17, 15) is 9.59 Å². The Morgan fingerprint density at radius 3 is 2.65 bits per heavy atom. The topological polar surface area (TPSA) is 84.2 Å². The van der Waals surface area contributed by atoms with E-state index in [0.29, 0.717) is 5.02 Å². The SMILES string of the molecule is Cc1ccc(Cl)cc1NC(C)C(=O)NC(N)=O. The molecule has 1 rings (SSSR count). The largest absolute Gasteiger partial charge is 0.374 e. The van der Waals surface area contributed by atoms with E-state index in [0.717, 1.165) is 11.3 Å². The lowest BCUT2D eigenvalue weighted by Crippen LogP contribution is -2.43. The minimum atomic E-state index is -0.869. The number of benzene rings is 1. The number of urea groups is 1. The Hall–Kier alpha value is -1.75. The molecule has 5 nitrogen and oxygen atoms in total. The highest BCUT2D eigenvalue weighted by molar-refractivity contribution is 6.30. The van der Waals surface area contributed by atoms with Gasteiger partial charge in [-0.05, 0) is 31.5 Å². The molecule has 1 atom stereocenters. The Labute approximate surface area is 104 Å². The van der Waals surface area contributed by atoms with E-state index in [-0.39, 0.29) is 0 Å². The van der Waals surface area contributed by atoms with Crippen LogP contribution in [-0.2, 0) is 4.79 Å². The highest BCUT2D eigenvalue weighted by Gasteiger charge is 2.14. The monoisotopic (exact) mass is 255 g/mol. The van der Waals surface area contributed by atoms with Crippen molar-refractivity contribution in [3.8, 4) is 0 Å². The number of carbonyl (C=O) groups excluding carboxylic acids is 2. The average molecular weight is 256 g/mol. The summed E-state index contributed by atoms with van der Waals surface area (Å²) in [4.78, 5) is 22.0. The van der Waals surface area contributed by atoms with E-state index in [2.05, 4.69) is 5.32 Å². The van der Waals surface area contributed by atoms with Gasteiger partial charge < -0.3 is 11.1 Å². The Bertz CT molecular complexity index is 448. The van der Waals surface area contributed by atoms with Gasteiger partial charge in [-0.25, -0.2) is 4.79 Å². The summed E-state index contributed by atoms with van der Waals surface area (Å²) in [5.74, 6) is -0.489. The number of anilines is 1. The zero-order valence-corrected chi connectivity index (χ0v) is 10.3. The van der Waals surface area contributed by atoms with Gasteiger partial charge in [0.25, 0.3) is 0 Å². The molecule has 0 fully saturated rings. The summed E-state index contributed by atoms with van der Waals surface area (Å²) >= 11 is 5.85. The number of aryl methyl sites for hydroxylation is 1. The van der Waals surface area contributed by atoms with Crippen LogP contribution in [-0.4, -0.2) is 18.0 Å². The van der Waals surface area contributed by atoms with Crippen LogP contribution in [0.2, 0.25) is 5.02 Å². The van der Waals surface area contributed by atoms with E-state index < -0.39 is 18.0 Å². The van der Waals surface area contributed by atoms with Gasteiger partial charge in [-0.3, -0.25) is 10.1 Å². The van der Waals surface area contributed by atoms with Gasteiger partial charge in [0.1, 0.15) is 6.04 Å². The number of rotatable bonds is 3. The van der Waals surface area contributed by atoms with Gasteiger partial charge in [-0.1, -0.05) is 17.7 Å². The standard InChI is InChI=1S/C11H14ClN3O2/c1-6-3-4-8(12)5-9(6)14-7(2)10(16)15-11(13)17/h3-5,7,14H,1-2H3,(H3,13,15,16,17). The van der Waals surface area contributed by atoms with Crippen LogP contribution < -0.4 is 16.4 Å². The molecule has 0 bridgehead atoms. The summed E-state index contributed by atoms with van der Waals surface area (Å²) in [6.45, 7) is 3.51. The van der Waals surface area contributed by atoms with Crippen LogP contribution in [0.3, 0.4) is 0 Å². The number of halogens is 1. The van der Waals surface area contributed by atoms with Crippen LogP contribution >= 0.6 is 11.6 Å². The van der Waals surface area contributed by atoms with Gasteiger partial charge in [0.05, 0.1) is 0 Å². The third-order valence-electron chi connectivity index (χ3n) is 2.21. The molecule has 0 aromatic heterocycles. The molecule has 0 aliphatic rings. The molecule has 0 spiro atoms. The normalized spacial score (nSPS) is 11.7. The van der Waals surface area contributed by atoms with Crippen LogP contribution in [0.25, 0.3) is 0 Å². The molecule has 3 amide bonds. The van der Waals surface area contributed by atoms with Crippen molar-refractivity contribution in [3.63, 3.8) is 0 Å². The lowest BCUT2D eigenvalue weighted by Gasteiger charge is -2.16. The quantitative estimate of drug-likeness (QED) is 0.768. The van der Waals surface area contributed by atoms with Crippen molar-refractivity contribution in [3.05, 3.63) is 28.8 Å². The maximum absolute atomic E-state index is 11.4. The number of nitrogens with two attached hydrogens (primary N) is 1. The molecule has 1 aromatic carbocycles. The maximum Gasteiger partial charge on any atom is 0.318 e. The summed E-state index contributed by atoms with van der Waals surface area (Å²) in [7, 11) is 0. The fraction of sp³-hybridized carbons (Fsp3) is 0.273. The molecule has 0 aliphatic heterocycles. The smallest absolute Gasteiger partial charge is 0.318 e. The second kappa shape index (κ2) is 5.54. The van der Waals surface area contributed by atoms with Crippen LogP contribution in [0.1, 0.15) is 12.5 Å². The molecule has 1 aromatic rings. The van der Waals surface area contributed by atoms with Gasteiger partial charge in [0, 0.05) is 10.7 Å². The van der Waals surface area contributed by atoms with Gasteiger partial charge in [-0.15, -0.1) is 0 Å². The number of primary amides is 1.